The molecule has 0 atom stereocenters. The van der Waals surface area contributed by atoms with Crippen molar-refractivity contribution in [3.8, 4) is 5.75 Å². The van der Waals surface area contributed by atoms with Gasteiger partial charge in [0, 0.05) is 37.5 Å². The second kappa shape index (κ2) is 7.14. The molecular weight excluding hydrogens is 334 g/mol. The van der Waals surface area contributed by atoms with Gasteiger partial charge in [-0.2, -0.15) is 0 Å². The molecular formula is C19H23N3O2S. The third kappa shape index (κ3) is 3.70. The Kier molecular flexibility index (Phi) is 4.72. The van der Waals surface area contributed by atoms with Crippen LogP contribution in [0, 0.1) is 0 Å². The molecule has 1 saturated heterocycles. The zero-order chi connectivity index (χ0) is 17.2. The average Bonchev–Trinajstić information content (AvgIpc) is 3.41. The van der Waals surface area contributed by atoms with Crippen LogP contribution in [-0.4, -0.2) is 54.0 Å². The Morgan fingerprint density at radius 2 is 2.00 bits per heavy atom. The van der Waals surface area contributed by atoms with Gasteiger partial charge >= 0.3 is 0 Å². The Balaban J connectivity index is 1.33. The van der Waals surface area contributed by atoms with Crippen LogP contribution in [0.15, 0.2) is 29.6 Å². The van der Waals surface area contributed by atoms with Crippen molar-refractivity contribution in [3.05, 3.63) is 45.9 Å². The highest BCUT2D eigenvalue weighted by molar-refractivity contribution is 7.09. The minimum Gasteiger partial charge on any atom is -0.496 e. The van der Waals surface area contributed by atoms with Crippen molar-refractivity contribution < 1.29 is 9.53 Å². The summed E-state index contributed by atoms with van der Waals surface area (Å²) in [7, 11) is 1.61. The summed E-state index contributed by atoms with van der Waals surface area (Å²) >= 11 is 1.77. The van der Waals surface area contributed by atoms with E-state index in [0.29, 0.717) is 11.3 Å². The van der Waals surface area contributed by atoms with Gasteiger partial charge in [-0.25, -0.2) is 4.98 Å². The third-order valence-corrected chi connectivity index (χ3v) is 5.77. The summed E-state index contributed by atoms with van der Waals surface area (Å²) in [5.41, 5.74) is 1.93. The van der Waals surface area contributed by atoms with Crippen LogP contribution in [0.3, 0.4) is 0 Å². The number of methoxy groups -OCH3 is 1. The fraction of sp³-hybridized carbons (Fsp3) is 0.474. The summed E-state index contributed by atoms with van der Waals surface area (Å²) in [6.07, 6.45) is 2.60. The molecule has 1 aromatic heterocycles. The number of aromatic nitrogens is 1. The minimum atomic E-state index is 0.0577. The van der Waals surface area contributed by atoms with Crippen LogP contribution in [0.5, 0.6) is 5.75 Å². The highest BCUT2D eigenvalue weighted by Gasteiger charge is 2.27. The second-order valence-electron chi connectivity index (χ2n) is 6.71. The Bertz CT molecular complexity index is 749. The van der Waals surface area contributed by atoms with Crippen molar-refractivity contribution in [2.45, 2.75) is 25.3 Å². The predicted octanol–water partition coefficient (Wildman–Crippen LogP) is 2.99. The van der Waals surface area contributed by atoms with Gasteiger partial charge in [0.1, 0.15) is 10.8 Å². The number of para-hydroxylation sites is 1. The molecule has 0 spiro atoms. The maximum absolute atomic E-state index is 12.7. The molecule has 1 aromatic carbocycles. The Morgan fingerprint density at radius 3 is 2.72 bits per heavy atom. The van der Waals surface area contributed by atoms with Crippen molar-refractivity contribution in [2.24, 2.45) is 0 Å². The summed E-state index contributed by atoms with van der Waals surface area (Å²) in [5.74, 6) is 1.42. The molecule has 2 aromatic rings. The average molecular weight is 357 g/mol. The highest BCUT2D eigenvalue weighted by Crippen LogP contribution is 2.40. The fourth-order valence-electron chi connectivity index (χ4n) is 3.26. The maximum Gasteiger partial charge on any atom is 0.257 e. The summed E-state index contributed by atoms with van der Waals surface area (Å²) in [5, 5.41) is 3.42. The van der Waals surface area contributed by atoms with Gasteiger partial charge in [0.25, 0.3) is 5.91 Å². The van der Waals surface area contributed by atoms with E-state index >= 15 is 0 Å². The van der Waals surface area contributed by atoms with E-state index < -0.39 is 0 Å². The van der Waals surface area contributed by atoms with E-state index in [4.69, 9.17) is 9.72 Å². The van der Waals surface area contributed by atoms with Crippen molar-refractivity contribution in [1.82, 2.24) is 14.8 Å². The molecule has 2 fully saturated rings. The molecule has 0 radical (unpaired) electrons. The number of carbonyl (C=O) groups excluding carboxylic acids is 1. The number of benzene rings is 1. The largest absolute Gasteiger partial charge is 0.496 e. The van der Waals surface area contributed by atoms with Gasteiger partial charge in [-0.1, -0.05) is 12.1 Å². The number of hydrogen-bond acceptors (Lipinski definition) is 5. The molecule has 1 aliphatic heterocycles. The molecule has 6 heteroatoms. The van der Waals surface area contributed by atoms with E-state index in [1.54, 1.807) is 18.4 Å². The molecule has 4 rings (SSSR count). The summed E-state index contributed by atoms with van der Waals surface area (Å²) in [6, 6.07) is 7.44. The van der Waals surface area contributed by atoms with Crippen molar-refractivity contribution >= 4 is 17.2 Å². The first-order chi connectivity index (χ1) is 12.2. The van der Waals surface area contributed by atoms with Gasteiger partial charge < -0.3 is 9.64 Å². The molecule has 1 saturated carbocycles. The molecule has 5 nitrogen and oxygen atoms in total. The predicted molar refractivity (Wildman–Crippen MR) is 98.3 cm³/mol. The zero-order valence-corrected chi connectivity index (χ0v) is 15.3. The van der Waals surface area contributed by atoms with E-state index in [2.05, 4.69) is 10.3 Å². The van der Waals surface area contributed by atoms with Crippen LogP contribution in [0.25, 0.3) is 0 Å². The zero-order valence-electron chi connectivity index (χ0n) is 14.5. The highest BCUT2D eigenvalue weighted by atomic mass is 32.1. The lowest BCUT2D eigenvalue weighted by Gasteiger charge is -2.34. The van der Waals surface area contributed by atoms with E-state index in [1.807, 2.05) is 29.2 Å². The van der Waals surface area contributed by atoms with Crippen LogP contribution < -0.4 is 4.74 Å². The quantitative estimate of drug-likeness (QED) is 0.825. The lowest BCUT2D eigenvalue weighted by molar-refractivity contribution is 0.0625. The van der Waals surface area contributed by atoms with E-state index in [9.17, 15) is 4.79 Å². The van der Waals surface area contributed by atoms with Gasteiger partial charge in [0.15, 0.2) is 0 Å². The maximum atomic E-state index is 12.7. The molecule has 2 aliphatic rings. The number of rotatable bonds is 5. The monoisotopic (exact) mass is 357 g/mol. The number of thiazole rings is 1. The van der Waals surface area contributed by atoms with Crippen LogP contribution in [0.4, 0.5) is 0 Å². The SMILES string of the molecule is COc1ccccc1C(=O)N1CCN(Cc2nc(C3CC3)cs2)CC1. The standard InChI is InChI=1S/C19H23N3O2S/c1-24-17-5-3-2-4-15(17)19(23)22-10-8-21(9-11-22)12-18-20-16(13-25-18)14-6-7-14/h2-5,13-14H,6-12H2,1H3. The number of nitrogens with zero attached hydrogens (tertiary/aromatic N) is 3. The number of carbonyl (C=O) groups is 1. The van der Waals surface area contributed by atoms with Crippen molar-refractivity contribution in [1.29, 1.82) is 0 Å². The van der Waals surface area contributed by atoms with Gasteiger partial charge in [-0.05, 0) is 25.0 Å². The lowest BCUT2D eigenvalue weighted by atomic mass is 10.1. The van der Waals surface area contributed by atoms with Crippen LogP contribution in [-0.2, 0) is 6.54 Å². The van der Waals surface area contributed by atoms with E-state index in [-0.39, 0.29) is 5.91 Å². The Hall–Kier alpha value is -1.92. The summed E-state index contributed by atoms with van der Waals surface area (Å²) in [6.45, 7) is 4.17. The molecule has 2 heterocycles. The Morgan fingerprint density at radius 1 is 1.24 bits per heavy atom. The van der Waals surface area contributed by atoms with Gasteiger partial charge in [0.05, 0.1) is 24.9 Å². The lowest BCUT2D eigenvalue weighted by Crippen LogP contribution is -2.48. The minimum absolute atomic E-state index is 0.0577. The number of amides is 1. The Labute approximate surface area is 152 Å². The summed E-state index contributed by atoms with van der Waals surface area (Å²) in [4.78, 5) is 21.8. The van der Waals surface area contributed by atoms with E-state index in [0.717, 1.165) is 38.6 Å². The summed E-state index contributed by atoms with van der Waals surface area (Å²) < 4.78 is 5.32. The molecule has 25 heavy (non-hydrogen) atoms. The van der Waals surface area contributed by atoms with Crippen LogP contribution >= 0.6 is 11.3 Å². The smallest absolute Gasteiger partial charge is 0.257 e. The molecule has 0 N–H and O–H groups in total. The number of piperazine rings is 1. The van der Waals surface area contributed by atoms with Gasteiger partial charge in [-0.3, -0.25) is 9.69 Å². The molecule has 1 amide bonds. The van der Waals surface area contributed by atoms with Gasteiger partial charge in [-0.15, -0.1) is 11.3 Å². The van der Waals surface area contributed by atoms with Crippen LogP contribution in [0.1, 0.15) is 39.8 Å². The van der Waals surface area contributed by atoms with Crippen molar-refractivity contribution in [2.75, 3.05) is 33.3 Å². The topological polar surface area (TPSA) is 45.7 Å². The molecule has 1 aliphatic carbocycles. The third-order valence-electron chi connectivity index (χ3n) is 4.92. The normalized spacial score (nSPS) is 18.4. The molecule has 132 valence electrons. The molecule has 0 unspecified atom stereocenters. The van der Waals surface area contributed by atoms with Crippen LogP contribution in [0.2, 0.25) is 0 Å². The second-order valence-corrected chi connectivity index (χ2v) is 7.65. The van der Waals surface area contributed by atoms with Crippen molar-refractivity contribution in [3.63, 3.8) is 0 Å². The first-order valence-electron chi connectivity index (χ1n) is 8.83. The molecule has 0 bridgehead atoms. The van der Waals surface area contributed by atoms with E-state index in [1.165, 1.54) is 23.5 Å². The number of ether oxygens (including phenoxy) is 1. The first-order valence-corrected chi connectivity index (χ1v) is 9.71. The number of hydrogen-bond donors (Lipinski definition) is 0. The first kappa shape index (κ1) is 16.5. The van der Waals surface area contributed by atoms with Gasteiger partial charge in [0.2, 0.25) is 0 Å². The fourth-order valence-corrected chi connectivity index (χ4v) is 4.17.